The molecule has 0 saturated heterocycles. The molecule has 1 amide bonds. The Bertz CT molecular complexity index is 440. The molecular formula is C12H15ClN2OS. The topological polar surface area (TPSA) is 41.1 Å². The third-order valence-electron chi connectivity index (χ3n) is 1.80. The van der Waals surface area contributed by atoms with E-state index in [0.717, 1.165) is 0 Å². The van der Waals surface area contributed by atoms with Gasteiger partial charge >= 0.3 is 0 Å². The van der Waals surface area contributed by atoms with Gasteiger partial charge in [0.25, 0.3) is 5.91 Å². The van der Waals surface area contributed by atoms with Crippen LogP contribution in [0.5, 0.6) is 0 Å². The molecule has 0 aromatic heterocycles. The first-order valence-corrected chi connectivity index (χ1v) is 5.95. The summed E-state index contributed by atoms with van der Waals surface area (Å²) in [6.07, 6.45) is 0. The van der Waals surface area contributed by atoms with Crippen molar-refractivity contribution >= 4 is 34.8 Å². The standard InChI is InChI=1S/C12H15ClN2OS/c1-12(2,3)15-11(17)14-10(16)8-5-4-6-9(13)7-8/h4-7H,1-3H3,(H2,14,15,16,17). The van der Waals surface area contributed by atoms with E-state index in [-0.39, 0.29) is 11.4 Å². The van der Waals surface area contributed by atoms with Crippen molar-refractivity contribution in [3.8, 4) is 0 Å². The Morgan fingerprint density at radius 1 is 1.35 bits per heavy atom. The van der Waals surface area contributed by atoms with Crippen molar-refractivity contribution in [2.45, 2.75) is 26.3 Å². The first-order chi connectivity index (χ1) is 7.78. The van der Waals surface area contributed by atoms with Crippen LogP contribution in [0.15, 0.2) is 24.3 Å². The minimum Gasteiger partial charge on any atom is -0.358 e. The summed E-state index contributed by atoms with van der Waals surface area (Å²) in [6.45, 7) is 5.89. The second kappa shape index (κ2) is 5.47. The average Bonchev–Trinajstić information content (AvgIpc) is 2.14. The largest absolute Gasteiger partial charge is 0.358 e. The zero-order valence-corrected chi connectivity index (χ0v) is 11.6. The highest BCUT2D eigenvalue weighted by atomic mass is 35.5. The van der Waals surface area contributed by atoms with Crippen molar-refractivity contribution in [3.05, 3.63) is 34.9 Å². The van der Waals surface area contributed by atoms with E-state index >= 15 is 0 Å². The fraction of sp³-hybridized carbons (Fsp3) is 0.333. The third kappa shape index (κ3) is 5.15. The van der Waals surface area contributed by atoms with Crippen LogP contribution in [0.1, 0.15) is 31.1 Å². The van der Waals surface area contributed by atoms with E-state index < -0.39 is 0 Å². The van der Waals surface area contributed by atoms with Crippen LogP contribution in [0.4, 0.5) is 0 Å². The van der Waals surface area contributed by atoms with E-state index in [1.54, 1.807) is 24.3 Å². The highest BCUT2D eigenvalue weighted by Crippen LogP contribution is 2.10. The van der Waals surface area contributed by atoms with Crippen LogP contribution in [0.25, 0.3) is 0 Å². The lowest BCUT2D eigenvalue weighted by Crippen LogP contribution is -2.48. The van der Waals surface area contributed by atoms with Gasteiger partial charge in [-0.3, -0.25) is 10.1 Å². The Hall–Kier alpha value is -1.13. The van der Waals surface area contributed by atoms with Gasteiger partial charge in [-0.05, 0) is 51.2 Å². The summed E-state index contributed by atoms with van der Waals surface area (Å²) >= 11 is 10.8. The monoisotopic (exact) mass is 270 g/mol. The number of rotatable bonds is 1. The first-order valence-electron chi connectivity index (χ1n) is 5.17. The van der Waals surface area contributed by atoms with Gasteiger partial charge in [-0.1, -0.05) is 17.7 Å². The van der Waals surface area contributed by atoms with E-state index in [1.165, 1.54) is 0 Å². The molecule has 0 fully saturated rings. The number of hydrogen-bond donors (Lipinski definition) is 2. The van der Waals surface area contributed by atoms with Crippen LogP contribution in [0.2, 0.25) is 5.02 Å². The van der Waals surface area contributed by atoms with Crippen LogP contribution in [-0.2, 0) is 0 Å². The number of hydrogen-bond acceptors (Lipinski definition) is 2. The summed E-state index contributed by atoms with van der Waals surface area (Å²) < 4.78 is 0. The molecule has 0 saturated carbocycles. The molecule has 0 aliphatic heterocycles. The number of carbonyl (C=O) groups is 1. The van der Waals surface area contributed by atoms with Gasteiger partial charge in [-0.15, -0.1) is 0 Å². The third-order valence-corrected chi connectivity index (χ3v) is 2.24. The number of amides is 1. The van der Waals surface area contributed by atoms with Crippen LogP contribution in [0.3, 0.4) is 0 Å². The number of benzene rings is 1. The van der Waals surface area contributed by atoms with E-state index in [1.807, 2.05) is 20.8 Å². The smallest absolute Gasteiger partial charge is 0.257 e. The predicted molar refractivity (Wildman–Crippen MR) is 74.4 cm³/mol. The molecule has 1 aromatic rings. The lowest BCUT2D eigenvalue weighted by Gasteiger charge is -2.22. The summed E-state index contributed by atoms with van der Waals surface area (Å²) in [5, 5.41) is 6.43. The first kappa shape index (κ1) is 13.9. The molecule has 0 radical (unpaired) electrons. The Morgan fingerprint density at radius 2 is 2.00 bits per heavy atom. The summed E-state index contributed by atoms with van der Waals surface area (Å²) in [6, 6.07) is 6.71. The Kier molecular flexibility index (Phi) is 4.48. The summed E-state index contributed by atoms with van der Waals surface area (Å²) in [7, 11) is 0. The minimum atomic E-state index is -0.269. The Labute approximate surface area is 112 Å². The normalized spacial score (nSPS) is 10.8. The van der Waals surface area contributed by atoms with Crippen LogP contribution < -0.4 is 10.6 Å². The quantitative estimate of drug-likeness (QED) is 0.771. The van der Waals surface area contributed by atoms with E-state index in [9.17, 15) is 4.79 Å². The molecular weight excluding hydrogens is 256 g/mol. The molecule has 0 bridgehead atoms. The van der Waals surface area contributed by atoms with E-state index in [4.69, 9.17) is 23.8 Å². The zero-order chi connectivity index (χ0) is 13.1. The molecule has 92 valence electrons. The molecule has 0 spiro atoms. The van der Waals surface area contributed by atoms with Crippen molar-refractivity contribution < 1.29 is 4.79 Å². The maximum absolute atomic E-state index is 11.8. The predicted octanol–water partition coefficient (Wildman–Crippen LogP) is 2.74. The molecule has 2 N–H and O–H groups in total. The summed E-state index contributed by atoms with van der Waals surface area (Å²) in [5.74, 6) is -0.269. The van der Waals surface area contributed by atoms with E-state index in [2.05, 4.69) is 10.6 Å². The van der Waals surface area contributed by atoms with Crippen molar-refractivity contribution in [1.82, 2.24) is 10.6 Å². The Balaban J connectivity index is 2.64. The van der Waals surface area contributed by atoms with Gasteiger partial charge in [0.2, 0.25) is 0 Å². The van der Waals surface area contributed by atoms with Gasteiger partial charge in [0.05, 0.1) is 0 Å². The zero-order valence-electron chi connectivity index (χ0n) is 10.0. The second-order valence-corrected chi connectivity index (χ2v) is 5.51. The Morgan fingerprint density at radius 3 is 2.53 bits per heavy atom. The minimum absolute atomic E-state index is 0.182. The molecule has 3 nitrogen and oxygen atoms in total. The SMILES string of the molecule is CC(C)(C)NC(=S)NC(=O)c1cccc(Cl)c1. The van der Waals surface area contributed by atoms with Crippen molar-refractivity contribution in [2.24, 2.45) is 0 Å². The molecule has 0 heterocycles. The average molecular weight is 271 g/mol. The molecule has 5 heteroatoms. The van der Waals surface area contributed by atoms with Crippen molar-refractivity contribution in [3.63, 3.8) is 0 Å². The van der Waals surface area contributed by atoms with Crippen LogP contribution >= 0.6 is 23.8 Å². The van der Waals surface area contributed by atoms with Gasteiger partial charge in [-0.2, -0.15) is 0 Å². The number of thiocarbonyl (C=S) groups is 1. The van der Waals surface area contributed by atoms with Crippen molar-refractivity contribution in [1.29, 1.82) is 0 Å². The highest BCUT2D eigenvalue weighted by Gasteiger charge is 2.13. The van der Waals surface area contributed by atoms with Gasteiger partial charge < -0.3 is 5.32 Å². The van der Waals surface area contributed by atoms with Crippen LogP contribution in [-0.4, -0.2) is 16.6 Å². The van der Waals surface area contributed by atoms with Gasteiger partial charge in [0.15, 0.2) is 5.11 Å². The lowest BCUT2D eigenvalue weighted by atomic mass is 10.1. The molecule has 1 aromatic carbocycles. The van der Waals surface area contributed by atoms with Gasteiger partial charge in [-0.25, -0.2) is 0 Å². The number of nitrogens with one attached hydrogen (secondary N) is 2. The fourth-order valence-electron chi connectivity index (χ4n) is 1.18. The molecule has 17 heavy (non-hydrogen) atoms. The number of carbonyl (C=O) groups excluding carboxylic acids is 1. The lowest BCUT2D eigenvalue weighted by molar-refractivity contribution is 0.0976. The highest BCUT2D eigenvalue weighted by molar-refractivity contribution is 7.80. The molecule has 0 unspecified atom stereocenters. The summed E-state index contributed by atoms with van der Waals surface area (Å²) in [4.78, 5) is 11.8. The molecule has 0 aliphatic rings. The van der Waals surface area contributed by atoms with Crippen LogP contribution in [0, 0.1) is 0 Å². The molecule has 1 rings (SSSR count). The fourth-order valence-corrected chi connectivity index (χ4v) is 1.77. The number of halogens is 1. The maximum atomic E-state index is 11.8. The summed E-state index contributed by atoms with van der Waals surface area (Å²) in [5.41, 5.74) is 0.300. The second-order valence-electron chi connectivity index (χ2n) is 4.67. The van der Waals surface area contributed by atoms with Gasteiger partial charge in [0.1, 0.15) is 0 Å². The van der Waals surface area contributed by atoms with Gasteiger partial charge in [0, 0.05) is 16.1 Å². The molecule has 0 atom stereocenters. The molecule has 0 aliphatic carbocycles. The maximum Gasteiger partial charge on any atom is 0.257 e. The van der Waals surface area contributed by atoms with E-state index in [0.29, 0.717) is 15.7 Å². The van der Waals surface area contributed by atoms with Crippen molar-refractivity contribution in [2.75, 3.05) is 0 Å².